The van der Waals surface area contributed by atoms with Gasteiger partial charge in [-0.25, -0.2) is 0 Å². The van der Waals surface area contributed by atoms with Crippen molar-refractivity contribution in [3.63, 3.8) is 0 Å². The summed E-state index contributed by atoms with van der Waals surface area (Å²) in [6.45, 7) is 3.27. The Balaban J connectivity index is 0.00000225. The molecular formula is C11H18IN3O. The lowest BCUT2D eigenvalue weighted by Crippen LogP contribution is -2.23. The van der Waals surface area contributed by atoms with Crippen LogP contribution in [0, 0.1) is 6.92 Å². The average Bonchev–Trinajstić information content (AvgIpc) is 2.20. The molecule has 0 aliphatic heterocycles. The third-order valence-electron chi connectivity index (χ3n) is 1.89. The van der Waals surface area contributed by atoms with Crippen LogP contribution >= 0.6 is 24.0 Å². The summed E-state index contributed by atoms with van der Waals surface area (Å²) in [6, 6.07) is 7.95. The van der Waals surface area contributed by atoms with Crippen molar-refractivity contribution in [2.75, 3.05) is 13.2 Å². The van der Waals surface area contributed by atoms with E-state index in [1.54, 1.807) is 0 Å². The fourth-order valence-electron chi connectivity index (χ4n) is 1.10. The number of aryl methyl sites for hydroxylation is 1. The molecule has 0 amide bonds. The van der Waals surface area contributed by atoms with Crippen LogP contribution in [0.3, 0.4) is 0 Å². The number of ether oxygens (including phenoxy) is 1. The first-order chi connectivity index (χ1) is 7.18. The first kappa shape index (κ1) is 15.0. The normalized spacial score (nSPS) is 9.06. The van der Waals surface area contributed by atoms with Gasteiger partial charge in [-0.2, -0.15) is 0 Å². The molecule has 0 spiro atoms. The molecule has 1 rings (SSSR count). The monoisotopic (exact) mass is 335 g/mol. The molecule has 1 aromatic rings. The number of guanidine groups is 1. The lowest BCUT2D eigenvalue weighted by Gasteiger charge is -2.04. The standard InChI is InChI=1S/C11H17N3O.HI/c1-9-3-5-10(6-4-9)15-8-2-7-14-11(12)13;/h3-6H,2,7-8H2,1H3,(H4,12,13,14);1H. The largest absolute Gasteiger partial charge is 0.494 e. The maximum Gasteiger partial charge on any atom is 0.185 e. The first-order valence-corrected chi connectivity index (χ1v) is 4.93. The zero-order chi connectivity index (χ0) is 11.1. The second-order valence-electron chi connectivity index (χ2n) is 3.32. The van der Waals surface area contributed by atoms with Gasteiger partial charge in [-0.1, -0.05) is 17.7 Å². The van der Waals surface area contributed by atoms with Gasteiger partial charge in [0, 0.05) is 13.0 Å². The molecule has 0 aliphatic carbocycles. The number of halogens is 1. The van der Waals surface area contributed by atoms with Crippen LogP contribution in [0.2, 0.25) is 0 Å². The number of hydrogen-bond donors (Lipinski definition) is 2. The highest BCUT2D eigenvalue weighted by molar-refractivity contribution is 14.0. The van der Waals surface area contributed by atoms with Gasteiger partial charge in [0.05, 0.1) is 6.61 Å². The van der Waals surface area contributed by atoms with Crippen molar-refractivity contribution in [3.05, 3.63) is 29.8 Å². The quantitative estimate of drug-likeness (QED) is 0.372. The van der Waals surface area contributed by atoms with Crippen LogP contribution < -0.4 is 16.2 Å². The summed E-state index contributed by atoms with van der Waals surface area (Å²) in [6.07, 6.45) is 0.811. The second-order valence-corrected chi connectivity index (χ2v) is 3.32. The van der Waals surface area contributed by atoms with Crippen LogP contribution in [0.25, 0.3) is 0 Å². The zero-order valence-electron chi connectivity index (χ0n) is 9.35. The van der Waals surface area contributed by atoms with Gasteiger partial charge in [-0.15, -0.1) is 24.0 Å². The third kappa shape index (κ3) is 6.49. The Hall–Kier alpha value is -0.980. The molecular weight excluding hydrogens is 317 g/mol. The fraction of sp³-hybridized carbons (Fsp3) is 0.364. The molecule has 0 unspecified atom stereocenters. The molecule has 90 valence electrons. The van der Waals surface area contributed by atoms with Gasteiger partial charge < -0.3 is 16.2 Å². The number of nitrogens with zero attached hydrogens (tertiary/aromatic N) is 1. The van der Waals surface area contributed by atoms with E-state index in [1.807, 2.05) is 31.2 Å². The summed E-state index contributed by atoms with van der Waals surface area (Å²) in [4.78, 5) is 3.86. The van der Waals surface area contributed by atoms with Crippen molar-refractivity contribution in [2.45, 2.75) is 13.3 Å². The van der Waals surface area contributed by atoms with Crippen LogP contribution in [-0.2, 0) is 0 Å². The van der Waals surface area contributed by atoms with Crippen LogP contribution in [-0.4, -0.2) is 19.1 Å². The van der Waals surface area contributed by atoms with Crippen LogP contribution in [0.1, 0.15) is 12.0 Å². The highest BCUT2D eigenvalue weighted by Gasteiger charge is 1.92. The molecule has 0 bridgehead atoms. The Morgan fingerprint density at radius 1 is 1.25 bits per heavy atom. The topological polar surface area (TPSA) is 73.6 Å². The van der Waals surface area contributed by atoms with Crippen molar-refractivity contribution in [2.24, 2.45) is 16.5 Å². The minimum absolute atomic E-state index is 0. The highest BCUT2D eigenvalue weighted by Crippen LogP contribution is 2.11. The maximum atomic E-state index is 5.49. The Morgan fingerprint density at radius 2 is 1.88 bits per heavy atom. The summed E-state index contributed by atoms with van der Waals surface area (Å²) < 4.78 is 5.49. The van der Waals surface area contributed by atoms with E-state index in [2.05, 4.69) is 4.99 Å². The third-order valence-corrected chi connectivity index (χ3v) is 1.89. The molecule has 16 heavy (non-hydrogen) atoms. The lowest BCUT2D eigenvalue weighted by atomic mass is 10.2. The molecule has 0 aliphatic rings. The SMILES string of the molecule is Cc1ccc(OCCCN=C(N)N)cc1.I. The number of aliphatic imine (C=N–C) groups is 1. The minimum Gasteiger partial charge on any atom is -0.494 e. The molecule has 0 heterocycles. The Bertz CT molecular complexity index is 321. The van der Waals surface area contributed by atoms with E-state index in [9.17, 15) is 0 Å². The maximum absolute atomic E-state index is 5.49. The summed E-state index contributed by atoms with van der Waals surface area (Å²) in [7, 11) is 0. The zero-order valence-corrected chi connectivity index (χ0v) is 11.7. The van der Waals surface area contributed by atoms with E-state index in [1.165, 1.54) is 5.56 Å². The molecule has 0 saturated carbocycles. The van der Waals surface area contributed by atoms with Gasteiger partial charge >= 0.3 is 0 Å². The summed E-state index contributed by atoms with van der Waals surface area (Å²) in [5.74, 6) is 1.01. The van der Waals surface area contributed by atoms with E-state index < -0.39 is 0 Å². The predicted octanol–water partition coefficient (Wildman–Crippen LogP) is 1.66. The molecule has 1 aromatic carbocycles. The Labute approximate surface area is 113 Å². The van der Waals surface area contributed by atoms with E-state index in [4.69, 9.17) is 16.2 Å². The van der Waals surface area contributed by atoms with Crippen LogP contribution in [0.15, 0.2) is 29.3 Å². The van der Waals surface area contributed by atoms with E-state index >= 15 is 0 Å². The average molecular weight is 335 g/mol. The first-order valence-electron chi connectivity index (χ1n) is 4.93. The lowest BCUT2D eigenvalue weighted by molar-refractivity contribution is 0.313. The number of rotatable bonds is 5. The highest BCUT2D eigenvalue weighted by atomic mass is 127. The molecule has 4 nitrogen and oxygen atoms in total. The Morgan fingerprint density at radius 3 is 2.44 bits per heavy atom. The van der Waals surface area contributed by atoms with E-state index in [0.717, 1.165) is 12.2 Å². The van der Waals surface area contributed by atoms with Crippen molar-refractivity contribution in [3.8, 4) is 5.75 Å². The minimum atomic E-state index is 0. The van der Waals surface area contributed by atoms with E-state index in [0.29, 0.717) is 13.2 Å². The van der Waals surface area contributed by atoms with Gasteiger partial charge in [-0.05, 0) is 19.1 Å². The predicted molar refractivity (Wildman–Crippen MR) is 77.4 cm³/mol. The van der Waals surface area contributed by atoms with Gasteiger partial charge in [-0.3, -0.25) is 4.99 Å². The fourth-order valence-corrected chi connectivity index (χ4v) is 1.10. The molecule has 0 fully saturated rings. The number of hydrogen-bond acceptors (Lipinski definition) is 2. The molecule has 0 radical (unpaired) electrons. The molecule has 0 saturated heterocycles. The van der Waals surface area contributed by atoms with Crippen LogP contribution in [0.5, 0.6) is 5.75 Å². The molecule has 5 heteroatoms. The summed E-state index contributed by atoms with van der Waals surface area (Å²) in [5, 5.41) is 0. The smallest absolute Gasteiger partial charge is 0.185 e. The second kappa shape index (κ2) is 8.20. The Kier molecular flexibility index (Phi) is 7.70. The van der Waals surface area contributed by atoms with Crippen molar-refractivity contribution in [1.82, 2.24) is 0 Å². The molecule has 0 atom stereocenters. The van der Waals surface area contributed by atoms with Gasteiger partial charge in [0.2, 0.25) is 0 Å². The van der Waals surface area contributed by atoms with Crippen molar-refractivity contribution in [1.29, 1.82) is 0 Å². The molecule has 4 N–H and O–H groups in total. The van der Waals surface area contributed by atoms with Crippen molar-refractivity contribution < 1.29 is 4.74 Å². The van der Waals surface area contributed by atoms with Gasteiger partial charge in [0.25, 0.3) is 0 Å². The van der Waals surface area contributed by atoms with E-state index in [-0.39, 0.29) is 29.9 Å². The van der Waals surface area contributed by atoms with Crippen LogP contribution in [0.4, 0.5) is 0 Å². The summed E-state index contributed by atoms with van der Waals surface area (Å²) >= 11 is 0. The summed E-state index contributed by atoms with van der Waals surface area (Å²) in [5.41, 5.74) is 11.6. The van der Waals surface area contributed by atoms with Crippen molar-refractivity contribution >= 4 is 29.9 Å². The molecule has 0 aromatic heterocycles. The number of benzene rings is 1. The van der Waals surface area contributed by atoms with Gasteiger partial charge in [0.15, 0.2) is 5.96 Å². The van der Waals surface area contributed by atoms with Gasteiger partial charge in [0.1, 0.15) is 5.75 Å². The number of nitrogens with two attached hydrogens (primary N) is 2.